The topological polar surface area (TPSA) is 34.1 Å². The van der Waals surface area contributed by atoms with E-state index in [1.165, 1.54) is 0 Å². The second kappa shape index (κ2) is 4.93. The standard InChI is InChI=1S/C7H10F2O2/c1-2-3-5(10)4-6(11)7(8)9/h7H,2-4H2,1H3. The van der Waals surface area contributed by atoms with Gasteiger partial charge in [0.1, 0.15) is 5.78 Å². The van der Waals surface area contributed by atoms with Crippen LogP contribution in [0.1, 0.15) is 26.2 Å². The van der Waals surface area contributed by atoms with Crippen LogP contribution >= 0.6 is 0 Å². The van der Waals surface area contributed by atoms with E-state index in [2.05, 4.69) is 0 Å². The number of Topliss-reactive ketones (excluding diaryl/α,β-unsaturated/α-hetero) is 2. The highest BCUT2D eigenvalue weighted by molar-refractivity contribution is 6.00. The summed E-state index contributed by atoms with van der Waals surface area (Å²) >= 11 is 0. The number of alkyl halides is 2. The van der Waals surface area contributed by atoms with E-state index < -0.39 is 24.4 Å². The van der Waals surface area contributed by atoms with Crippen molar-refractivity contribution in [1.82, 2.24) is 0 Å². The monoisotopic (exact) mass is 164 g/mol. The number of hydrogen-bond donors (Lipinski definition) is 0. The summed E-state index contributed by atoms with van der Waals surface area (Å²) in [4.78, 5) is 20.9. The lowest BCUT2D eigenvalue weighted by molar-refractivity contribution is -0.134. The molecule has 0 N–H and O–H groups in total. The van der Waals surface area contributed by atoms with Crippen molar-refractivity contribution in [1.29, 1.82) is 0 Å². The van der Waals surface area contributed by atoms with Crippen LogP contribution in [0.25, 0.3) is 0 Å². The first-order valence-corrected chi connectivity index (χ1v) is 3.40. The van der Waals surface area contributed by atoms with Crippen LogP contribution in [0.2, 0.25) is 0 Å². The highest BCUT2D eigenvalue weighted by atomic mass is 19.3. The Morgan fingerprint density at radius 1 is 1.36 bits per heavy atom. The van der Waals surface area contributed by atoms with Crippen molar-refractivity contribution in [2.75, 3.05) is 0 Å². The molecule has 0 radical (unpaired) electrons. The summed E-state index contributed by atoms with van der Waals surface area (Å²) in [5, 5.41) is 0. The summed E-state index contributed by atoms with van der Waals surface area (Å²) in [6, 6.07) is 0. The van der Waals surface area contributed by atoms with E-state index in [-0.39, 0.29) is 6.42 Å². The number of rotatable bonds is 5. The van der Waals surface area contributed by atoms with Crippen LogP contribution in [0.15, 0.2) is 0 Å². The van der Waals surface area contributed by atoms with E-state index >= 15 is 0 Å². The molecule has 0 saturated carbocycles. The first kappa shape index (κ1) is 10.2. The molecular formula is C7H10F2O2. The fourth-order valence-corrected chi connectivity index (χ4v) is 0.639. The normalized spacial score (nSPS) is 10.2. The predicted molar refractivity (Wildman–Crippen MR) is 35.5 cm³/mol. The molecule has 0 aliphatic carbocycles. The third-order valence-electron chi connectivity index (χ3n) is 1.14. The van der Waals surface area contributed by atoms with Gasteiger partial charge in [0, 0.05) is 6.42 Å². The largest absolute Gasteiger partial charge is 0.299 e. The van der Waals surface area contributed by atoms with Gasteiger partial charge in [-0.15, -0.1) is 0 Å². The average molecular weight is 164 g/mol. The summed E-state index contributed by atoms with van der Waals surface area (Å²) in [5.41, 5.74) is 0. The summed E-state index contributed by atoms with van der Waals surface area (Å²) in [6.07, 6.45) is -2.82. The summed E-state index contributed by atoms with van der Waals surface area (Å²) < 4.78 is 23.1. The zero-order valence-electron chi connectivity index (χ0n) is 6.27. The molecule has 0 fully saturated rings. The van der Waals surface area contributed by atoms with Crippen molar-refractivity contribution in [3.05, 3.63) is 0 Å². The molecule has 0 aromatic rings. The Hall–Kier alpha value is -0.800. The van der Waals surface area contributed by atoms with E-state index in [1.54, 1.807) is 6.92 Å². The summed E-state index contributed by atoms with van der Waals surface area (Å²) in [5.74, 6) is -1.68. The first-order valence-electron chi connectivity index (χ1n) is 3.40. The van der Waals surface area contributed by atoms with Gasteiger partial charge in [-0.2, -0.15) is 0 Å². The van der Waals surface area contributed by atoms with Crippen molar-refractivity contribution in [3.8, 4) is 0 Å². The molecule has 0 rings (SSSR count). The molecule has 0 aromatic heterocycles. The maximum absolute atomic E-state index is 11.5. The Morgan fingerprint density at radius 3 is 2.27 bits per heavy atom. The number of hydrogen-bond acceptors (Lipinski definition) is 2. The van der Waals surface area contributed by atoms with Gasteiger partial charge in [-0.1, -0.05) is 6.92 Å². The molecule has 0 aromatic carbocycles. The number of ketones is 2. The van der Waals surface area contributed by atoms with Gasteiger partial charge in [0.15, 0.2) is 0 Å². The van der Waals surface area contributed by atoms with E-state index in [1.807, 2.05) is 0 Å². The lowest BCUT2D eigenvalue weighted by Crippen LogP contribution is -2.14. The molecule has 11 heavy (non-hydrogen) atoms. The van der Waals surface area contributed by atoms with Gasteiger partial charge >= 0.3 is 0 Å². The van der Waals surface area contributed by atoms with E-state index in [9.17, 15) is 18.4 Å². The van der Waals surface area contributed by atoms with Crippen LogP contribution in [-0.2, 0) is 9.59 Å². The number of halogens is 2. The molecular weight excluding hydrogens is 154 g/mol. The van der Waals surface area contributed by atoms with Gasteiger partial charge in [-0.3, -0.25) is 9.59 Å². The molecule has 0 aliphatic rings. The van der Waals surface area contributed by atoms with Gasteiger partial charge in [0.05, 0.1) is 6.42 Å². The maximum atomic E-state index is 11.5. The lowest BCUT2D eigenvalue weighted by atomic mass is 10.1. The molecule has 0 saturated heterocycles. The van der Waals surface area contributed by atoms with Gasteiger partial charge in [0.2, 0.25) is 5.78 Å². The van der Waals surface area contributed by atoms with Crippen molar-refractivity contribution < 1.29 is 18.4 Å². The molecule has 0 aliphatic heterocycles. The second-order valence-corrected chi connectivity index (χ2v) is 2.23. The minimum Gasteiger partial charge on any atom is -0.299 e. The molecule has 0 unspecified atom stereocenters. The van der Waals surface area contributed by atoms with Gasteiger partial charge < -0.3 is 0 Å². The quantitative estimate of drug-likeness (QED) is 0.578. The van der Waals surface area contributed by atoms with E-state index in [0.717, 1.165) is 0 Å². The fourth-order valence-electron chi connectivity index (χ4n) is 0.639. The molecule has 0 atom stereocenters. The van der Waals surface area contributed by atoms with Crippen LogP contribution in [0, 0.1) is 0 Å². The van der Waals surface area contributed by atoms with Crippen molar-refractivity contribution in [3.63, 3.8) is 0 Å². The Kier molecular flexibility index (Phi) is 4.57. The summed E-state index contributed by atoms with van der Waals surface area (Å²) in [7, 11) is 0. The average Bonchev–Trinajstić information content (AvgIpc) is 1.87. The number of carbonyl (C=O) groups is 2. The van der Waals surface area contributed by atoms with Crippen LogP contribution in [0.5, 0.6) is 0 Å². The Bertz CT molecular complexity index is 155. The molecule has 0 bridgehead atoms. The van der Waals surface area contributed by atoms with Crippen LogP contribution in [-0.4, -0.2) is 18.0 Å². The van der Waals surface area contributed by atoms with Crippen LogP contribution in [0.4, 0.5) is 8.78 Å². The smallest absolute Gasteiger partial charge is 0.296 e. The van der Waals surface area contributed by atoms with E-state index in [0.29, 0.717) is 6.42 Å². The van der Waals surface area contributed by atoms with Gasteiger partial charge in [-0.25, -0.2) is 8.78 Å². The van der Waals surface area contributed by atoms with E-state index in [4.69, 9.17) is 0 Å². The molecule has 0 spiro atoms. The summed E-state index contributed by atoms with van der Waals surface area (Å²) in [6.45, 7) is 1.75. The highest BCUT2D eigenvalue weighted by Gasteiger charge is 2.17. The zero-order chi connectivity index (χ0) is 8.85. The first-order chi connectivity index (χ1) is 5.07. The Labute approximate surface area is 63.6 Å². The minimum absolute atomic E-state index is 0.207. The van der Waals surface area contributed by atoms with Gasteiger partial charge in [-0.05, 0) is 6.42 Å². The maximum Gasteiger partial charge on any atom is 0.296 e. The fraction of sp³-hybridized carbons (Fsp3) is 0.714. The Balaban J connectivity index is 3.67. The molecule has 2 nitrogen and oxygen atoms in total. The molecule has 64 valence electrons. The zero-order valence-corrected chi connectivity index (χ0v) is 6.27. The minimum atomic E-state index is -3.00. The van der Waals surface area contributed by atoms with Gasteiger partial charge in [0.25, 0.3) is 6.43 Å². The lowest BCUT2D eigenvalue weighted by Gasteiger charge is -1.96. The van der Waals surface area contributed by atoms with Crippen molar-refractivity contribution >= 4 is 11.6 Å². The predicted octanol–water partition coefficient (Wildman–Crippen LogP) is 1.58. The second-order valence-electron chi connectivity index (χ2n) is 2.23. The SMILES string of the molecule is CCCC(=O)CC(=O)C(F)F. The molecule has 0 heterocycles. The van der Waals surface area contributed by atoms with Crippen LogP contribution in [0.3, 0.4) is 0 Å². The molecule has 0 amide bonds. The third-order valence-corrected chi connectivity index (χ3v) is 1.14. The van der Waals surface area contributed by atoms with Crippen molar-refractivity contribution in [2.45, 2.75) is 32.6 Å². The van der Waals surface area contributed by atoms with Crippen molar-refractivity contribution in [2.24, 2.45) is 0 Å². The number of carbonyl (C=O) groups excluding carboxylic acids is 2. The molecule has 4 heteroatoms. The highest BCUT2D eigenvalue weighted by Crippen LogP contribution is 2.01. The third kappa shape index (κ3) is 4.58. The van der Waals surface area contributed by atoms with Crippen LogP contribution < -0.4 is 0 Å². The Morgan fingerprint density at radius 2 is 1.91 bits per heavy atom.